The van der Waals surface area contributed by atoms with Crippen molar-refractivity contribution in [2.45, 2.75) is 26.2 Å². The van der Waals surface area contributed by atoms with Gasteiger partial charge in [0.2, 0.25) is 0 Å². The fourth-order valence-corrected chi connectivity index (χ4v) is 2.62. The molecule has 0 atom stereocenters. The summed E-state index contributed by atoms with van der Waals surface area (Å²) in [5.41, 5.74) is 1.42. The standard InChI is InChI=1S/C16H18ClN3O/c1-2-16(8-9-16)11-18-13-10-19-20(15(21)14(13)17)12-6-4-3-5-7-12/h3-7,10,18H,2,8-9,11H2,1H3. The second-order valence-corrected chi connectivity index (χ2v) is 6.01. The first-order valence-electron chi connectivity index (χ1n) is 7.22. The van der Waals surface area contributed by atoms with E-state index in [1.165, 1.54) is 17.5 Å². The van der Waals surface area contributed by atoms with Crippen molar-refractivity contribution >= 4 is 17.3 Å². The summed E-state index contributed by atoms with van der Waals surface area (Å²) in [6.45, 7) is 3.04. The van der Waals surface area contributed by atoms with Gasteiger partial charge in [0.25, 0.3) is 5.56 Å². The molecule has 1 N–H and O–H groups in total. The molecule has 1 fully saturated rings. The Morgan fingerprint density at radius 1 is 1.33 bits per heavy atom. The molecule has 1 heterocycles. The SMILES string of the molecule is CCC1(CNc2cnn(-c3ccccc3)c(=O)c2Cl)CC1. The van der Waals surface area contributed by atoms with Crippen LogP contribution < -0.4 is 10.9 Å². The molecule has 1 aromatic carbocycles. The van der Waals surface area contributed by atoms with Crippen LogP contribution in [0.2, 0.25) is 5.02 Å². The van der Waals surface area contributed by atoms with Crippen LogP contribution in [0.15, 0.2) is 41.3 Å². The number of benzene rings is 1. The number of aromatic nitrogens is 2. The molecule has 0 bridgehead atoms. The van der Waals surface area contributed by atoms with Gasteiger partial charge in [0.05, 0.1) is 17.6 Å². The highest BCUT2D eigenvalue weighted by Crippen LogP contribution is 2.48. The summed E-state index contributed by atoms with van der Waals surface area (Å²) >= 11 is 6.20. The average Bonchev–Trinajstić information content (AvgIpc) is 3.30. The fourth-order valence-electron chi connectivity index (χ4n) is 2.42. The molecule has 0 unspecified atom stereocenters. The van der Waals surface area contributed by atoms with Crippen LogP contribution >= 0.6 is 11.6 Å². The molecule has 0 spiro atoms. The first kappa shape index (κ1) is 14.1. The molecule has 4 nitrogen and oxygen atoms in total. The zero-order valence-electron chi connectivity index (χ0n) is 12.0. The maximum Gasteiger partial charge on any atom is 0.292 e. The van der Waals surface area contributed by atoms with E-state index in [-0.39, 0.29) is 10.6 Å². The van der Waals surface area contributed by atoms with Crippen LogP contribution in [-0.4, -0.2) is 16.3 Å². The van der Waals surface area contributed by atoms with Gasteiger partial charge in [-0.25, -0.2) is 0 Å². The summed E-state index contributed by atoms with van der Waals surface area (Å²) in [6, 6.07) is 9.28. The Morgan fingerprint density at radius 2 is 2.05 bits per heavy atom. The number of halogens is 1. The number of nitrogens with zero attached hydrogens (tertiary/aromatic N) is 2. The number of nitrogens with one attached hydrogen (secondary N) is 1. The zero-order valence-corrected chi connectivity index (χ0v) is 12.7. The van der Waals surface area contributed by atoms with Gasteiger partial charge in [-0.3, -0.25) is 4.79 Å². The van der Waals surface area contributed by atoms with Gasteiger partial charge in [-0.2, -0.15) is 9.78 Å². The van der Waals surface area contributed by atoms with E-state index in [1.807, 2.05) is 30.3 Å². The first-order chi connectivity index (χ1) is 10.2. The summed E-state index contributed by atoms with van der Waals surface area (Å²) in [6.07, 6.45) is 5.25. The molecule has 0 amide bonds. The van der Waals surface area contributed by atoms with Crippen molar-refractivity contribution in [1.82, 2.24) is 9.78 Å². The lowest BCUT2D eigenvalue weighted by molar-refractivity contribution is 0.521. The Hall–Kier alpha value is -1.81. The van der Waals surface area contributed by atoms with Crippen molar-refractivity contribution in [2.75, 3.05) is 11.9 Å². The van der Waals surface area contributed by atoms with Gasteiger partial charge in [0, 0.05) is 6.54 Å². The molecule has 1 aliphatic rings. The fraction of sp³-hybridized carbons (Fsp3) is 0.375. The van der Waals surface area contributed by atoms with Crippen LogP contribution in [0.5, 0.6) is 0 Å². The molecule has 0 saturated heterocycles. The van der Waals surface area contributed by atoms with Gasteiger partial charge in [-0.05, 0) is 36.8 Å². The smallest absolute Gasteiger partial charge is 0.292 e. The lowest BCUT2D eigenvalue weighted by Gasteiger charge is -2.15. The molecule has 0 radical (unpaired) electrons. The van der Waals surface area contributed by atoms with Crippen LogP contribution in [0.3, 0.4) is 0 Å². The summed E-state index contributed by atoms with van der Waals surface area (Å²) in [5.74, 6) is 0. The molecule has 21 heavy (non-hydrogen) atoms. The van der Waals surface area contributed by atoms with Gasteiger partial charge < -0.3 is 5.32 Å². The van der Waals surface area contributed by atoms with Crippen LogP contribution in [0.4, 0.5) is 5.69 Å². The van der Waals surface area contributed by atoms with E-state index >= 15 is 0 Å². The van der Waals surface area contributed by atoms with Gasteiger partial charge >= 0.3 is 0 Å². The van der Waals surface area contributed by atoms with E-state index in [9.17, 15) is 4.79 Å². The minimum absolute atomic E-state index is 0.195. The molecular weight excluding hydrogens is 286 g/mol. The Balaban J connectivity index is 1.85. The summed E-state index contributed by atoms with van der Waals surface area (Å²) in [5, 5.41) is 7.69. The molecule has 3 rings (SSSR count). The Kier molecular flexibility index (Phi) is 3.72. The van der Waals surface area contributed by atoms with Crippen molar-refractivity contribution in [2.24, 2.45) is 5.41 Å². The molecule has 0 aliphatic heterocycles. The molecule has 1 aliphatic carbocycles. The molecule has 1 saturated carbocycles. The minimum Gasteiger partial charge on any atom is -0.382 e. The van der Waals surface area contributed by atoms with Gasteiger partial charge in [0.15, 0.2) is 0 Å². The number of hydrogen-bond donors (Lipinski definition) is 1. The second-order valence-electron chi connectivity index (χ2n) is 5.63. The molecule has 110 valence electrons. The van der Waals surface area contributed by atoms with Crippen LogP contribution in [0.25, 0.3) is 5.69 Å². The summed E-state index contributed by atoms with van der Waals surface area (Å²) in [7, 11) is 0. The summed E-state index contributed by atoms with van der Waals surface area (Å²) < 4.78 is 1.32. The molecule has 1 aromatic heterocycles. The lowest BCUT2D eigenvalue weighted by Crippen LogP contribution is -2.24. The van der Waals surface area contributed by atoms with E-state index in [0.717, 1.165) is 13.0 Å². The number of rotatable bonds is 5. The van der Waals surface area contributed by atoms with E-state index in [1.54, 1.807) is 6.20 Å². The normalized spacial score (nSPS) is 15.7. The Morgan fingerprint density at radius 3 is 2.67 bits per heavy atom. The lowest BCUT2D eigenvalue weighted by atomic mass is 10.0. The van der Waals surface area contributed by atoms with E-state index in [4.69, 9.17) is 11.6 Å². The van der Waals surface area contributed by atoms with E-state index in [2.05, 4.69) is 17.3 Å². The van der Waals surface area contributed by atoms with Gasteiger partial charge in [-0.1, -0.05) is 36.7 Å². The first-order valence-corrected chi connectivity index (χ1v) is 7.60. The number of hydrogen-bond acceptors (Lipinski definition) is 3. The van der Waals surface area contributed by atoms with Crippen molar-refractivity contribution < 1.29 is 0 Å². The number of para-hydroxylation sites is 1. The highest BCUT2D eigenvalue weighted by Gasteiger charge is 2.40. The zero-order chi connectivity index (χ0) is 14.9. The van der Waals surface area contributed by atoms with Gasteiger partial charge in [-0.15, -0.1) is 0 Å². The van der Waals surface area contributed by atoms with Crippen molar-refractivity contribution in [3.63, 3.8) is 0 Å². The van der Waals surface area contributed by atoms with Crippen molar-refractivity contribution in [3.05, 3.63) is 51.9 Å². The maximum atomic E-state index is 12.3. The Bertz CT molecular complexity index is 692. The second kappa shape index (κ2) is 5.53. The predicted molar refractivity (Wildman–Crippen MR) is 85.3 cm³/mol. The molecular formula is C16H18ClN3O. The number of anilines is 1. The average molecular weight is 304 g/mol. The Labute approximate surface area is 128 Å². The van der Waals surface area contributed by atoms with E-state index in [0.29, 0.717) is 16.8 Å². The van der Waals surface area contributed by atoms with Crippen LogP contribution in [0.1, 0.15) is 26.2 Å². The van der Waals surface area contributed by atoms with E-state index < -0.39 is 0 Å². The van der Waals surface area contributed by atoms with Crippen molar-refractivity contribution in [3.8, 4) is 5.69 Å². The highest BCUT2D eigenvalue weighted by atomic mass is 35.5. The van der Waals surface area contributed by atoms with Crippen molar-refractivity contribution in [1.29, 1.82) is 0 Å². The van der Waals surface area contributed by atoms with Gasteiger partial charge in [0.1, 0.15) is 5.02 Å². The van der Waals surface area contributed by atoms with Crippen LogP contribution in [0, 0.1) is 5.41 Å². The summed E-state index contributed by atoms with van der Waals surface area (Å²) in [4.78, 5) is 12.3. The third kappa shape index (κ3) is 2.81. The van der Waals surface area contributed by atoms with Crippen LogP contribution in [-0.2, 0) is 0 Å². The third-order valence-corrected chi connectivity index (χ3v) is 4.65. The minimum atomic E-state index is -0.297. The topological polar surface area (TPSA) is 46.9 Å². The molecule has 5 heteroatoms. The predicted octanol–water partition coefficient (Wildman–Crippen LogP) is 3.49. The monoisotopic (exact) mass is 303 g/mol. The maximum absolute atomic E-state index is 12.3. The quantitative estimate of drug-likeness (QED) is 0.920. The largest absolute Gasteiger partial charge is 0.382 e. The molecule has 2 aromatic rings. The third-order valence-electron chi connectivity index (χ3n) is 4.28. The highest BCUT2D eigenvalue weighted by molar-refractivity contribution is 6.32.